The number of carbonyl (C=O) groups is 1. The molecule has 0 radical (unpaired) electrons. The lowest BCUT2D eigenvalue weighted by Gasteiger charge is -1.99. The van der Waals surface area contributed by atoms with E-state index >= 15 is 0 Å². The number of halogens is 1. The Morgan fingerprint density at radius 2 is 2.33 bits per heavy atom. The third-order valence-corrected chi connectivity index (χ3v) is 1.65. The van der Waals surface area contributed by atoms with Crippen molar-refractivity contribution in [3.05, 3.63) is 12.2 Å². The van der Waals surface area contributed by atoms with Gasteiger partial charge in [-0.1, -0.05) is 29.2 Å². The van der Waals surface area contributed by atoms with Gasteiger partial charge in [0, 0.05) is 10.0 Å². The van der Waals surface area contributed by atoms with Gasteiger partial charge in [-0.15, -0.1) is 0 Å². The van der Waals surface area contributed by atoms with E-state index in [4.69, 9.17) is 0 Å². The molecule has 2 nitrogen and oxygen atoms in total. The molecule has 0 aliphatic heterocycles. The van der Waals surface area contributed by atoms with E-state index in [1.165, 1.54) is 0 Å². The van der Waals surface area contributed by atoms with Crippen LogP contribution in [0.3, 0.4) is 0 Å². The number of alkyl halides is 1. The molecule has 0 amide bonds. The number of esters is 1. The highest BCUT2D eigenvalue weighted by Gasteiger charge is 2.03. The Labute approximate surface area is 68.4 Å². The van der Waals surface area contributed by atoms with Gasteiger partial charge >= 0.3 is 5.97 Å². The Morgan fingerprint density at radius 3 is 2.67 bits per heavy atom. The van der Waals surface area contributed by atoms with Crippen LogP contribution < -0.4 is 0 Å². The van der Waals surface area contributed by atoms with Gasteiger partial charge in [0.25, 0.3) is 0 Å². The van der Waals surface area contributed by atoms with E-state index in [1.807, 2.05) is 0 Å². The van der Waals surface area contributed by atoms with Gasteiger partial charge < -0.3 is 4.74 Å². The average Bonchev–Trinajstić information content (AvgIpc) is 1.87. The van der Waals surface area contributed by atoms with Crippen LogP contribution in [0.2, 0.25) is 0 Å². The fourth-order valence-electron chi connectivity index (χ4n) is 0.288. The van der Waals surface area contributed by atoms with Crippen LogP contribution in [-0.2, 0) is 9.53 Å². The van der Waals surface area contributed by atoms with E-state index in [9.17, 15) is 4.79 Å². The molecule has 0 spiro atoms. The maximum Gasteiger partial charge on any atom is 0.334 e. The molecule has 0 aliphatic carbocycles. The molecule has 0 aromatic rings. The first-order chi connectivity index (χ1) is 4.22. The maximum atomic E-state index is 10.6. The number of ether oxygens (including phenoxy) is 1. The highest BCUT2D eigenvalue weighted by molar-refractivity contribution is 14.1. The van der Waals surface area contributed by atoms with Crippen LogP contribution in [0, 0.1) is 0 Å². The average molecular weight is 240 g/mol. The third kappa shape index (κ3) is 3.51. The molecule has 3 heteroatoms. The highest BCUT2D eigenvalue weighted by atomic mass is 127. The molecule has 0 saturated carbocycles. The Balaban J connectivity index is 3.60. The second-order valence-corrected chi connectivity index (χ2v) is 2.22. The van der Waals surface area contributed by atoms with Gasteiger partial charge in [0.05, 0.1) is 6.61 Å². The second kappa shape index (κ2) is 4.78. The SMILES string of the molecule is C=C(CI)C(=O)OCC. The second-order valence-electron chi connectivity index (χ2n) is 1.46. The number of hydrogen-bond donors (Lipinski definition) is 0. The molecule has 9 heavy (non-hydrogen) atoms. The molecule has 0 aromatic carbocycles. The summed E-state index contributed by atoms with van der Waals surface area (Å²) in [6, 6.07) is 0. The number of rotatable bonds is 3. The fourth-order valence-corrected chi connectivity index (χ4v) is 0.599. The van der Waals surface area contributed by atoms with Crippen LogP contribution in [-0.4, -0.2) is 17.0 Å². The van der Waals surface area contributed by atoms with Crippen molar-refractivity contribution in [1.82, 2.24) is 0 Å². The molecule has 0 N–H and O–H groups in total. The van der Waals surface area contributed by atoms with Crippen LogP contribution in [0.25, 0.3) is 0 Å². The van der Waals surface area contributed by atoms with E-state index in [2.05, 4.69) is 33.9 Å². The monoisotopic (exact) mass is 240 g/mol. The van der Waals surface area contributed by atoms with Gasteiger partial charge in [0.15, 0.2) is 0 Å². The molecule has 0 unspecified atom stereocenters. The lowest BCUT2D eigenvalue weighted by molar-refractivity contribution is -0.138. The Morgan fingerprint density at radius 1 is 1.78 bits per heavy atom. The molecule has 0 atom stereocenters. The molecule has 0 aromatic heterocycles. The Bertz CT molecular complexity index is 120. The first kappa shape index (κ1) is 8.94. The first-order valence-electron chi connectivity index (χ1n) is 2.63. The van der Waals surface area contributed by atoms with Gasteiger partial charge in [-0.2, -0.15) is 0 Å². The topological polar surface area (TPSA) is 26.3 Å². The minimum absolute atomic E-state index is 0.285. The molecule has 0 rings (SSSR count). The molecule has 0 fully saturated rings. The van der Waals surface area contributed by atoms with Crippen molar-refractivity contribution in [1.29, 1.82) is 0 Å². The van der Waals surface area contributed by atoms with Crippen molar-refractivity contribution in [3.8, 4) is 0 Å². The molecule has 52 valence electrons. The van der Waals surface area contributed by atoms with Crippen LogP contribution in [0.4, 0.5) is 0 Å². The van der Waals surface area contributed by atoms with Crippen LogP contribution in [0.1, 0.15) is 6.92 Å². The van der Waals surface area contributed by atoms with E-state index in [0.29, 0.717) is 16.6 Å². The number of hydrogen-bond acceptors (Lipinski definition) is 2. The summed E-state index contributed by atoms with van der Waals surface area (Å²) in [5.74, 6) is -0.285. The molecular formula is C6H9IO2. The van der Waals surface area contributed by atoms with Crippen molar-refractivity contribution in [3.63, 3.8) is 0 Å². The fraction of sp³-hybridized carbons (Fsp3) is 0.500. The largest absolute Gasteiger partial charge is 0.463 e. The zero-order valence-corrected chi connectivity index (χ0v) is 7.47. The van der Waals surface area contributed by atoms with Crippen molar-refractivity contribution < 1.29 is 9.53 Å². The normalized spacial score (nSPS) is 8.67. The summed E-state index contributed by atoms with van der Waals surface area (Å²) >= 11 is 2.07. The summed E-state index contributed by atoms with van der Waals surface area (Å²) in [5.41, 5.74) is 0.525. The third-order valence-electron chi connectivity index (χ3n) is 0.725. The standard InChI is InChI=1S/C6H9IO2/c1-3-9-6(8)5(2)4-7/h2-4H2,1H3. The number of carbonyl (C=O) groups excluding carboxylic acids is 1. The van der Waals surface area contributed by atoms with Gasteiger partial charge in [-0.25, -0.2) is 4.79 Å². The Hall–Kier alpha value is -0.0600. The first-order valence-corrected chi connectivity index (χ1v) is 4.15. The minimum Gasteiger partial charge on any atom is -0.463 e. The summed E-state index contributed by atoms with van der Waals surface area (Å²) in [6.45, 7) is 5.71. The van der Waals surface area contributed by atoms with Gasteiger partial charge in [0.2, 0.25) is 0 Å². The van der Waals surface area contributed by atoms with Crippen LogP contribution >= 0.6 is 22.6 Å². The van der Waals surface area contributed by atoms with E-state index in [1.54, 1.807) is 6.92 Å². The molecule has 0 bridgehead atoms. The molecule has 0 heterocycles. The summed E-state index contributed by atoms with van der Waals surface area (Å²) in [7, 11) is 0. The highest BCUT2D eigenvalue weighted by Crippen LogP contribution is 1.98. The van der Waals surface area contributed by atoms with Crippen LogP contribution in [0.15, 0.2) is 12.2 Å². The zero-order valence-electron chi connectivity index (χ0n) is 5.32. The summed E-state index contributed by atoms with van der Waals surface area (Å²) in [4.78, 5) is 10.6. The summed E-state index contributed by atoms with van der Waals surface area (Å²) in [6.07, 6.45) is 0. The van der Waals surface area contributed by atoms with Crippen molar-refractivity contribution in [2.45, 2.75) is 6.92 Å². The maximum absolute atomic E-state index is 10.6. The quantitative estimate of drug-likeness (QED) is 0.323. The van der Waals surface area contributed by atoms with Crippen LogP contribution in [0.5, 0.6) is 0 Å². The lowest BCUT2D eigenvalue weighted by atomic mass is 10.4. The van der Waals surface area contributed by atoms with Crippen molar-refractivity contribution >= 4 is 28.6 Å². The van der Waals surface area contributed by atoms with E-state index < -0.39 is 0 Å². The van der Waals surface area contributed by atoms with Crippen molar-refractivity contribution in [2.24, 2.45) is 0 Å². The minimum atomic E-state index is -0.285. The molecule has 0 aliphatic rings. The smallest absolute Gasteiger partial charge is 0.334 e. The zero-order chi connectivity index (χ0) is 7.28. The predicted molar refractivity (Wildman–Crippen MR) is 44.7 cm³/mol. The van der Waals surface area contributed by atoms with Gasteiger partial charge in [-0.3, -0.25) is 0 Å². The van der Waals surface area contributed by atoms with E-state index in [0.717, 1.165) is 0 Å². The lowest BCUT2D eigenvalue weighted by Crippen LogP contribution is -2.06. The molecule has 0 saturated heterocycles. The molecular weight excluding hydrogens is 231 g/mol. The van der Waals surface area contributed by atoms with Crippen molar-refractivity contribution in [2.75, 3.05) is 11.0 Å². The predicted octanol–water partition coefficient (Wildman–Crippen LogP) is 1.54. The summed E-state index contributed by atoms with van der Waals surface area (Å²) < 4.78 is 5.29. The van der Waals surface area contributed by atoms with E-state index in [-0.39, 0.29) is 5.97 Å². The van der Waals surface area contributed by atoms with Gasteiger partial charge in [0.1, 0.15) is 0 Å². The summed E-state index contributed by atoms with van der Waals surface area (Å²) in [5, 5.41) is 0. The van der Waals surface area contributed by atoms with Gasteiger partial charge in [-0.05, 0) is 6.92 Å². The Kier molecular flexibility index (Phi) is 4.75.